The Labute approximate surface area is 187 Å². The number of carbonyl (C=O) groups excluding carboxylic acids is 1. The highest BCUT2D eigenvalue weighted by molar-refractivity contribution is 6.34. The quantitative estimate of drug-likeness (QED) is 0.305. The molecule has 32 heavy (non-hydrogen) atoms. The standard InChI is InChI=1S/C20H24ClF3N4O4/c1-31-15-9-14-13(17(21)28-10-27-14)8-16(15)32-12-4-2-11(3-5-12)18(29)25-6-7-26-19(30)20(22,23)24/h8-12,19,26,30H,2-7H2,1H3,(H,25,29). The molecule has 0 saturated heterocycles. The zero-order valence-corrected chi connectivity index (χ0v) is 18.0. The van der Waals surface area contributed by atoms with Gasteiger partial charge in [0.05, 0.1) is 18.7 Å². The van der Waals surface area contributed by atoms with Crippen LogP contribution in [-0.2, 0) is 4.79 Å². The van der Waals surface area contributed by atoms with E-state index in [0.717, 1.165) is 0 Å². The number of amides is 1. The summed E-state index contributed by atoms with van der Waals surface area (Å²) in [6, 6.07) is 3.46. The SMILES string of the molecule is COc1cc2ncnc(Cl)c2cc1OC1CCC(C(=O)NCCNC(O)C(F)(F)F)CC1. The predicted octanol–water partition coefficient (Wildman–Crippen LogP) is 2.82. The van der Waals surface area contributed by atoms with Crippen molar-refractivity contribution in [3.8, 4) is 11.5 Å². The summed E-state index contributed by atoms with van der Waals surface area (Å²) in [5, 5.41) is 14.3. The van der Waals surface area contributed by atoms with Gasteiger partial charge in [-0.05, 0) is 31.7 Å². The normalized spacial score (nSPS) is 20.1. The number of benzene rings is 1. The van der Waals surface area contributed by atoms with E-state index in [1.807, 2.05) is 5.32 Å². The van der Waals surface area contributed by atoms with Gasteiger partial charge < -0.3 is 19.9 Å². The number of aliphatic hydroxyl groups excluding tert-OH is 1. The summed E-state index contributed by atoms with van der Waals surface area (Å²) >= 11 is 6.15. The molecule has 8 nitrogen and oxygen atoms in total. The van der Waals surface area contributed by atoms with Gasteiger partial charge in [0.2, 0.25) is 12.1 Å². The number of hydrogen-bond acceptors (Lipinski definition) is 7. The van der Waals surface area contributed by atoms with Crippen LogP contribution >= 0.6 is 11.6 Å². The van der Waals surface area contributed by atoms with Gasteiger partial charge in [-0.25, -0.2) is 9.97 Å². The number of aliphatic hydroxyl groups is 1. The fourth-order valence-electron chi connectivity index (χ4n) is 3.56. The van der Waals surface area contributed by atoms with Crippen molar-refractivity contribution in [2.24, 2.45) is 5.92 Å². The van der Waals surface area contributed by atoms with Crippen LogP contribution in [0.2, 0.25) is 5.15 Å². The van der Waals surface area contributed by atoms with E-state index in [1.54, 1.807) is 12.1 Å². The molecule has 1 aliphatic rings. The average Bonchev–Trinajstić information content (AvgIpc) is 2.76. The minimum atomic E-state index is -4.74. The summed E-state index contributed by atoms with van der Waals surface area (Å²) < 4.78 is 48.2. The molecule has 0 aliphatic heterocycles. The van der Waals surface area contributed by atoms with Crippen molar-refractivity contribution in [1.82, 2.24) is 20.6 Å². The monoisotopic (exact) mass is 476 g/mol. The molecule has 1 aromatic carbocycles. The van der Waals surface area contributed by atoms with E-state index in [4.69, 9.17) is 26.2 Å². The number of methoxy groups -OCH3 is 1. The molecule has 1 atom stereocenters. The van der Waals surface area contributed by atoms with Crippen LogP contribution in [-0.4, -0.2) is 59.7 Å². The van der Waals surface area contributed by atoms with Crippen molar-refractivity contribution < 1.29 is 32.5 Å². The lowest BCUT2D eigenvalue weighted by atomic mass is 9.86. The Hall–Kier alpha value is -2.37. The van der Waals surface area contributed by atoms with Gasteiger partial charge in [0.25, 0.3) is 0 Å². The zero-order valence-electron chi connectivity index (χ0n) is 17.3. The number of nitrogens with zero attached hydrogens (tertiary/aromatic N) is 2. The fraction of sp³-hybridized carbons (Fsp3) is 0.550. The maximum Gasteiger partial charge on any atom is 0.427 e. The second-order valence-electron chi connectivity index (χ2n) is 7.47. The molecular formula is C20H24ClF3N4O4. The molecule has 1 fully saturated rings. The van der Waals surface area contributed by atoms with E-state index in [0.29, 0.717) is 53.2 Å². The van der Waals surface area contributed by atoms with Crippen LogP contribution in [0.25, 0.3) is 10.9 Å². The number of aromatic nitrogens is 2. The minimum absolute atomic E-state index is 0.0144. The van der Waals surface area contributed by atoms with Crippen LogP contribution in [0.5, 0.6) is 11.5 Å². The number of nitrogens with one attached hydrogen (secondary N) is 2. The molecule has 1 amide bonds. The lowest BCUT2D eigenvalue weighted by molar-refractivity contribution is -0.213. The molecule has 1 aliphatic carbocycles. The Morgan fingerprint density at radius 1 is 1.22 bits per heavy atom. The lowest BCUT2D eigenvalue weighted by Gasteiger charge is -2.29. The third-order valence-electron chi connectivity index (χ3n) is 5.28. The molecule has 0 spiro atoms. The first kappa shape index (κ1) is 24.3. The topological polar surface area (TPSA) is 106 Å². The summed E-state index contributed by atoms with van der Waals surface area (Å²) in [5.74, 6) is 0.558. The average molecular weight is 477 g/mol. The molecule has 1 heterocycles. The molecule has 1 unspecified atom stereocenters. The number of rotatable bonds is 8. The van der Waals surface area contributed by atoms with Gasteiger partial charge in [-0.15, -0.1) is 0 Å². The van der Waals surface area contributed by atoms with E-state index < -0.39 is 12.4 Å². The van der Waals surface area contributed by atoms with E-state index in [1.165, 1.54) is 13.4 Å². The Kier molecular flexibility index (Phi) is 7.96. The fourth-order valence-corrected chi connectivity index (χ4v) is 3.76. The molecule has 12 heteroatoms. The maximum atomic E-state index is 12.3. The molecule has 2 aromatic rings. The van der Waals surface area contributed by atoms with E-state index in [-0.39, 0.29) is 31.0 Å². The second-order valence-corrected chi connectivity index (χ2v) is 7.82. The van der Waals surface area contributed by atoms with Crippen molar-refractivity contribution in [2.75, 3.05) is 20.2 Å². The molecule has 0 radical (unpaired) electrons. The Bertz CT molecular complexity index is 939. The molecular weight excluding hydrogens is 453 g/mol. The number of ether oxygens (including phenoxy) is 2. The summed E-state index contributed by atoms with van der Waals surface area (Å²) in [5.41, 5.74) is 0.631. The number of hydrogen-bond donors (Lipinski definition) is 3. The number of fused-ring (bicyclic) bond motifs is 1. The lowest BCUT2D eigenvalue weighted by Crippen LogP contribution is -2.46. The summed E-state index contributed by atoms with van der Waals surface area (Å²) in [6.07, 6.45) is -3.70. The zero-order chi connectivity index (χ0) is 23.3. The maximum absolute atomic E-state index is 12.3. The largest absolute Gasteiger partial charge is 0.493 e. The van der Waals surface area contributed by atoms with Crippen molar-refractivity contribution >= 4 is 28.4 Å². The highest BCUT2D eigenvalue weighted by Gasteiger charge is 2.37. The first-order valence-electron chi connectivity index (χ1n) is 10.1. The van der Waals surface area contributed by atoms with E-state index >= 15 is 0 Å². The molecule has 3 rings (SSSR count). The highest BCUT2D eigenvalue weighted by Crippen LogP contribution is 2.36. The van der Waals surface area contributed by atoms with Crippen LogP contribution in [0.3, 0.4) is 0 Å². The van der Waals surface area contributed by atoms with Crippen molar-refractivity contribution in [1.29, 1.82) is 0 Å². The van der Waals surface area contributed by atoms with Gasteiger partial charge in [-0.1, -0.05) is 11.6 Å². The molecule has 176 valence electrons. The van der Waals surface area contributed by atoms with Gasteiger partial charge in [-0.3, -0.25) is 10.1 Å². The van der Waals surface area contributed by atoms with Crippen LogP contribution in [0, 0.1) is 5.92 Å². The molecule has 1 aromatic heterocycles. The third kappa shape index (κ3) is 6.11. The predicted molar refractivity (Wildman–Crippen MR) is 111 cm³/mol. The van der Waals surface area contributed by atoms with E-state index in [2.05, 4.69) is 15.3 Å². The van der Waals surface area contributed by atoms with Gasteiger partial charge in [0, 0.05) is 30.5 Å². The molecule has 1 saturated carbocycles. The van der Waals surface area contributed by atoms with Crippen molar-refractivity contribution in [2.45, 2.75) is 44.2 Å². The van der Waals surface area contributed by atoms with Crippen molar-refractivity contribution in [3.05, 3.63) is 23.6 Å². The van der Waals surface area contributed by atoms with Gasteiger partial charge in [-0.2, -0.15) is 13.2 Å². The van der Waals surface area contributed by atoms with Crippen LogP contribution < -0.4 is 20.1 Å². The van der Waals surface area contributed by atoms with Gasteiger partial charge in [0.1, 0.15) is 11.5 Å². The van der Waals surface area contributed by atoms with Crippen LogP contribution in [0.1, 0.15) is 25.7 Å². The minimum Gasteiger partial charge on any atom is -0.493 e. The first-order chi connectivity index (χ1) is 15.2. The van der Waals surface area contributed by atoms with Gasteiger partial charge >= 0.3 is 6.18 Å². The Morgan fingerprint density at radius 3 is 2.59 bits per heavy atom. The molecule has 0 bridgehead atoms. The first-order valence-corrected chi connectivity index (χ1v) is 10.5. The second kappa shape index (κ2) is 10.5. The summed E-state index contributed by atoms with van der Waals surface area (Å²) in [4.78, 5) is 20.4. The number of carbonyl (C=O) groups is 1. The number of halogens is 4. The van der Waals surface area contributed by atoms with Gasteiger partial charge in [0.15, 0.2) is 11.5 Å². The van der Waals surface area contributed by atoms with E-state index in [9.17, 15) is 18.0 Å². The molecule has 3 N–H and O–H groups in total. The Balaban J connectivity index is 1.49. The van der Waals surface area contributed by atoms with Crippen LogP contribution in [0.4, 0.5) is 13.2 Å². The Morgan fingerprint density at radius 2 is 1.94 bits per heavy atom. The summed E-state index contributed by atoms with van der Waals surface area (Å²) in [7, 11) is 1.53. The highest BCUT2D eigenvalue weighted by atomic mass is 35.5. The van der Waals surface area contributed by atoms with Crippen LogP contribution in [0.15, 0.2) is 18.5 Å². The summed E-state index contributed by atoms with van der Waals surface area (Å²) in [6.45, 7) is -0.210. The smallest absolute Gasteiger partial charge is 0.427 e. The van der Waals surface area contributed by atoms with Crippen molar-refractivity contribution in [3.63, 3.8) is 0 Å². The third-order valence-corrected chi connectivity index (χ3v) is 5.58. The number of alkyl halides is 3.